The van der Waals surface area contributed by atoms with Gasteiger partial charge in [-0.25, -0.2) is 11.1 Å². The monoisotopic (exact) mass is 543 g/mol. The van der Waals surface area contributed by atoms with Gasteiger partial charge in [0.05, 0.1) is 0 Å². The Morgan fingerprint density at radius 1 is 0.500 bits per heavy atom. The molecule has 0 nitrogen and oxygen atoms in total. The smallest absolute Gasteiger partial charge is 1.00 e. The molecule has 0 aromatic rings. The summed E-state index contributed by atoms with van der Waals surface area (Å²) >= 11 is 0. The largest absolute Gasteiger partial charge is 2.00 e. The van der Waals surface area contributed by atoms with Crippen molar-refractivity contribution in [2.45, 2.75) is 133 Å². The summed E-state index contributed by atoms with van der Waals surface area (Å²) in [5, 5.41) is 0. The second-order valence-corrected chi connectivity index (χ2v) is 8.82. The van der Waals surface area contributed by atoms with Gasteiger partial charge in [-0.1, -0.05) is 144 Å². The van der Waals surface area contributed by atoms with E-state index >= 15 is 0 Å². The van der Waals surface area contributed by atoms with Crippen LogP contribution in [0.3, 0.4) is 0 Å². The van der Waals surface area contributed by atoms with Crippen molar-refractivity contribution in [2.24, 2.45) is 10.8 Å². The molecule has 182 valence electrons. The van der Waals surface area contributed by atoms with Gasteiger partial charge >= 0.3 is 77.6 Å². The maximum absolute atomic E-state index is 3.80. The van der Waals surface area contributed by atoms with E-state index in [-0.39, 0.29) is 94.1 Å². The molecule has 0 amide bonds. The van der Waals surface area contributed by atoms with Crippen LogP contribution >= 0.6 is 0 Å². The molecule has 2 aliphatic carbocycles. The summed E-state index contributed by atoms with van der Waals surface area (Å²) in [5.41, 5.74) is 10.1. The molecule has 0 heterocycles. The molecule has 0 bridgehead atoms. The van der Waals surface area contributed by atoms with Gasteiger partial charge in [0, 0.05) is 0 Å². The van der Waals surface area contributed by atoms with Crippen LogP contribution in [0.4, 0.5) is 0 Å². The van der Waals surface area contributed by atoms with Gasteiger partial charge in [-0.3, -0.25) is 12.2 Å². The maximum atomic E-state index is 3.80. The normalized spacial score (nSPS) is 18.4. The molecule has 0 spiro atoms. The Morgan fingerprint density at radius 3 is 0.938 bits per heavy atom. The average Bonchev–Trinajstić information content (AvgIpc) is 3.30. The molecule has 0 aromatic heterocycles. The molecule has 0 N–H and O–H groups in total. The van der Waals surface area contributed by atoms with Crippen molar-refractivity contribution in [1.29, 1.82) is 0 Å². The predicted octanol–water partition coefficient (Wildman–Crippen LogP) is 7.58. The van der Waals surface area contributed by atoms with Crippen molar-refractivity contribution in [2.75, 3.05) is 0 Å². The van der Waals surface area contributed by atoms with E-state index in [4.69, 9.17) is 0 Å². The third kappa shape index (κ3) is 7.26. The van der Waals surface area contributed by atoms with E-state index in [0.717, 1.165) is 12.8 Å². The van der Waals surface area contributed by atoms with Crippen LogP contribution in [-0.4, -0.2) is 0 Å². The molecule has 0 aliphatic heterocycles. The molecule has 0 unspecified atom stereocenters. The van der Waals surface area contributed by atoms with E-state index in [1.165, 1.54) is 62.5 Å². The van der Waals surface area contributed by atoms with Crippen molar-refractivity contribution in [3.63, 3.8) is 0 Å². The first-order valence-electron chi connectivity index (χ1n) is 13.1. The van der Waals surface area contributed by atoms with E-state index < -0.39 is 0 Å². The molecule has 0 saturated carbocycles. The number of hydrogen-bond donors (Lipinski definition) is 0. The minimum atomic E-state index is 0. The van der Waals surface area contributed by atoms with E-state index in [1.54, 1.807) is 22.3 Å². The van der Waals surface area contributed by atoms with E-state index in [0.29, 0.717) is 0 Å². The standard InChI is InChI=1S/2C15H25.K.Zr.4H/c2*1-6-12-11-15(9-4,10-5)14(8-3)13(12)7-2;;;;;;/h2*6-10H2,1-5H3;;;;;;/q2*-1;+1;+2;4*-1. The van der Waals surface area contributed by atoms with Gasteiger partial charge < -0.3 is 5.71 Å². The second kappa shape index (κ2) is 17.0. The van der Waals surface area contributed by atoms with Crippen LogP contribution < -0.4 is 51.4 Å². The van der Waals surface area contributed by atoms with Gasteiger partial charge in [0.15, 0.2) is 0 Å². The van der Waals surface area contributed by atoms with Gasteiger partial charge in [-0.2, -0.15) is 22.3 Å². The molecule has 32 heavy (non-hydrogen) atoms. The van der Waals surface area contributed by atoms with Crippen LogP contribution in [0.1, 0.15) is 139 Å². The Bertz CT molecular complexity index is 640. The summed E-state index contributed by atoms with van der Waals surface area (Å²) in [6.45, 7) is 22.9. The third-order valence-corrected chi connectivity index (χ3v) is 7.93. The van der Waals surface area contributed by atoms with Gasteiger partial charge in [0.2, 0.25) is 0 Å². The fourth-order valence-electron chi connectivity index (χ4n) is 6.09. The first-order valence-corrected chi connectivity index (χ1v) is 13.1. The average molecular weight is 545 g/mol. The zero-order valence-corrected chi connectivity index (χ0v) is 29.2. The Hall–Kier alpha value is 1.48. The molecular weight excluding hydrogens is 491 g/mol. The van der Waals surface area contributed by atoms with Crippen molar-refractivity contribution in [1.82, 2.24) is 0 Å². The van der Waals surface area contributed by atoms with Gasteiger partial charge in [-0.15, -0.1) is 0 Å². The number of allylic oxidation sites excluding steroid dienone is 8. The first-order chi connectivity index (χ1) is 14.4. The van der Waals surface area contributed by atoms with Gasteiger partial charge in [0.1, 0.15) is 0 Å². The summed E-state index contributed by atoms with van der Waals surface area (Å²) < 4.78 is 0. The van der Waals surface area contributed by atoms with Crippen LogP contribution in [0.25, 0.3) is 0 Å². The molecule has 2 heteroatoms. The Morgan fingerprint density at radius 2 is 0.781 bits per heavy atom. The first kappa shape index (κ1) is 35.6. The number of rotatable bonds is 10. The zero-order valence-electron chi connectivity index (χ0n) is 27.6. The van der Waals surface area contributed by atoms with E-state index in [2.05, 4.69) is 81.4 Å². The molecule has 0 aromatic carbocycles. The molecule has 0 saturated heterocycles. The van der Waals surface area contributed by atoms with Crippen LogP contribution in [0.15, 0.2) is 33.4 Å². The Balaban J connectivity index is -0.000000107. The van der Waals surface area contributed by atoms with Crippen LogP contribution in [-0.2, 0) is 26.2 Å². The summed E-state index contributed by atoms with van der Waals surface area (Å²) in [6.07, 6.45) is 19.5. The summed E-state index contributed by atoms with van der Waals surface area (Å²) in [4.78, 5) is 0. The van der Waals surface area contributed by atoms with E-state index in [9.17, 15) is 0 Å². The third-order valence-electron chi connectivity index (χ3n) is 7.93. The quantitative estimate of drug-likeness (QED) is 0.196. The summed E-state index contributed by atoms with van der Waals surface area (Å²) in [5.74, 6) is 0. The van der Waals surface area contributed by atoms with Crippen molar-refractivity contribution in [3.05, 3.63) is 45.6 Å². The van der Waals surface area contributed by atoms with Crippen molar-refractivity contribution >= 4 is 0 Å². The number of hydrogen-bond acceptors (Lipinski definition) is 0. The van der Waals surface area contributed by atoms with Gasteiger partial charge in [-0.05, 0) is 0 Å². The molecule has 0 atom stereocenters. The zero-order chi connectivity index (χ0) is 22.9. The van der Waals surface area contributed by atoms with E-state index in [1.807, 2.05) is 0 Å². The topological polar surface area (TPSA) is 0 Å². The molecular formula is C30H54KZr-3. The van der Waals surface area contributed by atoms with Crippen LogP contribution in [0, 0.1) is 23.0 Å². The molecule has 2 aliphatic rings. The summed E-state index contributed by atoms with van der Waals surface area (Å²) in [7, 11) is 0. The summed E-state index contributed by atoms with van der Waals surface area (Å²) in [6, 6.07) is 0. The SMILES string of the molecule is CCC1=[C-]C(CC)(CC)C(CC)=C1CC.CCC1=[C-]C(CC)(CC)C(CC)=C1CC.[H-].[H-].[H-].[H-].[K+].[Zr+2]. The Labute approximate surface area is 270 Å². The minimum absolute atomic E-state index is 0. The maximum Gasteiger partial charge on any atom is 2.00 e. The van der Waals surface area contributed by atoms with Crippen molar-refractivity contribution < 1.29 is 83.3 Å². The minimum Gasteiger partial charge on any atom is -1.00 e. The Kier molecular flexibility index (Phi) is 19.0. The van der Waals surface area contributed by atoms with Gasteiger partial charge in [0.25, 0.3) is 0 Å². The predicted molar refractivity (Wildman–Crippen MR) is 140 cm³/mol. The fourth-order valence-corrected chi connectivity index (χ4v) is 6.09. The van der Waals surface area contributed by atoms with Crippen LogP contribution in [0.5, 0.6) is 0 Å². The fraction of sp³-hybridized carbons (Fsp3) is 0.733. The molecule has 0 fully saturated rings. The molecule has 0 radical (unpaired) electrons. The second-order valence-electron chi connectivity index (χ2n) is 8.82. The van der Waals surface area contributed by atoms with Crippen molar-refractivity contribution in [3.8, 4) is 0 Å². The van der Waals surface area contributed by atoms with Crippen LogP contribution in [0.2, 0.25) is 0 Å². The molecule has 2 rings (SSSR count).